The molecule has 0 radical (unpaired) electrons. The number of allylic oxidation sites excluding steroid dienone is 1. The van der Waals surface area contributed by atoms with Crippen LogP contribution in [0.2, 0.25) is 0 Å². The van der Waals surface area contributed by atoms with Crippen LogP contribution in [-0.2, 0) is 19.9 Å². The monoisotopic (exact) mass is 554 g/mol. The molecule has 0 amide bonds. The van der Waals surface area contributed by atoms with Crippen LogP contribution in [-0.4, -0.2) is 65.3 Å². The van der Waals surface area contributed by atoms with Crippen LogP contribution in [0.4, 0.5) is 0 Å². The minimum atomic E-state index is -2.40. The van der Waals surface area contributed by atoms with Crippen molar-refractivity contribution < 1.29 is 47.9 Å². The maximum absolute atomic E-state index is 14.2. The number of Topliss-reactive ketones (excluding diaryl/α,β-unsaturated/α-hetero) is 2. The van der Waals surface area contributed by atoms with E-state index in [4.69, 9.17) is 28.4 Å². The predicted molar refractivity (Wildman–Crippen MR) is 144 cm³/mol. The van der Waals surface area contributed by atoms with Gasteiger partial charge in [0.15, 0.2) is 40.2 Å². The molecule has 2 aromatic carbocycles. The van der Waals surface area contributed by atoms with E-state index >= 15 is 0 Å². The topological polar surface area (TPSA) is 127 Å². The molecule has 10 nitrogen and oxygen atoms in total. The van der Waals surface area contributed by atoms with Crippen molar-refractivity contribution in [1.82, 2.24) is 0 Å². The van der Waals surface area contributed by atoms with E-state index in [-0.39, 0.29) is 39.7 Å². The molecule has 1 unspecified atom stereocenters. The number of fused-ring (bicyclic) bond motifs is 1. The molecule has 2 aliphatic rings. The highest BCUT2D eigenvalue weighted by Gasteiger charge is 2.54. The van der Waals surface area contributed by atoms with E-state index in [9.17, 15) is 19.5 Å². The molecule has 0 saturated heterocycles. The molecule has 214 valence electrons. The summed E-state index contributed by atoms with van der Waals surface area (Å²) in [4.78, 5) is 41.8. The molecule has 1 N–H and O–H groups in total. The second-order valence-electron chi connectivity index (χ2n) is 9.62. The Labute approximate surface area is 232 Å². The summed E-state index contributed by atoms with van der Waals surface area (Å²) in [6, 6.07) is 5.92. The Kier molecular flexibility index (Phi) is 8.39. The summed E-state index contributed by atoms with van der Waals surface area (Å²) in [6.45, 7) is 0. The van der Waals surface area contributed by atoms with Crippen LogP contribution >= 0.6 is 0 Å². The van der Waals surface area contributed by atoms with E-state index in [0.717, 1.165) is 26.4 Å². The molecule has 2 aromatic rings. The molecule has 4 rings (SSSR count). The number of carbonyl (C=O) groups excluding carboxylic acids is 3. The highest BCUT2D eigenvalue weighted by Crippen LogP contribution is 2.55. The third-order valence-electron chi connectivity index (χ3n) is 7.69. The number of rotatable bonds is 9. The number of ketones is 2. The van der Waals surface area contributed by atoms with Gasteiger partial charge >= 0.3 is 5.97 Å². The van der Waals surface area contributed by atoms with Crippen LogP contribution in [0.1, 0.15) is 53.6 Å². The van der Waals surface area contributed by atoms with Crippen molar-refractivity contribution in [2.45, 2.75) is 37.7 Å². The van der Waals surface area contributed by atoms with Gasteiger partial charge in [-0.15, -0.1) is 0 Å². The zero-order chi connectivity index (χ0) is 29.2. The first-order valence-corrected chi connectivity index (χ1v) is 12.9. The number of ether oxygens (including phenoxy) is 6. The molecule has 1 saturated carbocycles. The fourth-order valence-corrected chi connectivity index (χ4v) is 5.75. The van der Waals surface area contributed by atoms with E-state index < -0.39 is 40.2 Å². The molecule has 0 aromatic heterocycles. The molecule has 1 fully saturated rings. The van der Waals surface area contributed by atoms with E-state index in [2.05, 4.69) is 0 Å². The molecule has 2 aliphatic carbocycles. The first-order chi connectivity index (χ1) is 19.2. The minimum Gasteiger partial charge on any atom is -0.493 e. The van der Waals surface area contributed by atoms with Crippen molar-refractivity contribution in [2.75, 3.05) is 42.7 Å². The van der Waals surface area contributed by atoms with E-state index in [1.54, 1.807) is 6.07 Å². The minimum absolute atomic E-state index is 0.0481. The van der Waals surface area contributed by atoms with Crippen LogP contribution in [0.15, 0.2) is 35.4 Å². The molecule has 1 atom stereocenters. The van der Waals surface area contributed by atoms with Crippen LogP contribution in [0.5, 0.6) is 28.7 Å². The zero-order valence-corrected chi connectivity index (χ0v) is 23.5. The number of hydrogen-bond acceptors (Lipinski definition) is 10. The van der Waals surface area contributed by atoms with Crippen LogP contribution in [0.25, 0.3) is 0 Å². The first kappa shape index (κ1) is 28.9. The Morgan fingerprint density at radius 2 is 1.43 bits per heavy atom. The zero-order valence-electron chi connectivity index (χ0n) is 23.5. The predicted octanol–water partition coefficient (Wildman–Crippen LogP) is 3.78. The van der Waals surface area contributed by atoms with Gasteiger partial charge in [0, 0.05) is 11.5 Å². The Hall–Kier alpha value is -4.05. The summed E-state index contributed by atoms with van der Waals surface area (Å²) >= 11 is 0. The van der Waals surface area contributed by atoms with Gasteiger partial charge in [0.2, 0.25) is 5.75 Å². The standard InChI is InChI=1S/C30H34O10/c1-35-19-13-12-17(14-20(19)36-2)30(34)23-18(15-21(37-3)27(38-4)28(23)39-5)26(32)22(24(30)29(33)40-6)25(31)16-10-8-7-9-11-16/h12-16,34H,7-11H2,1-6H3. The number of aliphatic hydroxyl groups is 1. The van der Waals surface area contributed by atoms with Gasteiger partial charge in [-0.25, -0.2) is 4.79 Å². The van der Waals surface area contributed by atoms with Gasteiger partial charge in [-0.3, -0.25) is 9.59 Å². The Morgan fingerprint density at radius 3 is 1.98 bits per heavy atom. The Bertz CT molecular complexity index is 1370. The Balaban J connectivity index is 2.18. The van der Waals surface area contributed by atoms with Crippen molar-refractivity contribution >= 4 is 17.5 Å². The normalized spacial score (nSPS) is 19.0. The summed E-state index contributed by atoms with van der Waals surface area (Å²) in [5.74, 6) is -1.97. The smallest absolute Gasteiger partial charge is 0.338 e. The SMILES string of the molecule is COC(=O)C1=C(C(=O)C2CCCCC2)C(=O)c2cc(OC)c(OC)c(OC)c2C1(O)c1ccc(OC)c(OC)c1. The van der Waals surface area contributed by atoms with E-state index in [1.165, 1.54) is 53.7 Å². The number of carbonyl (C=O) groups is 3. The summed E-state index contributed by atoms with van der Waals surface area (Å²) in [5.41, 5.74) is -3.37. The second-order valence-corrected chi connectivity index (χ2v) is 9.62. The van der Waals surface area contributed by atoms with Gasteiger partial charge in [0.1, 0.15) is 0 Å². The second kappa shape index (κ2) is 11.6. The third kappa shape index (κ3) is 4.46. The van der Waals surface area contributed by atoms with E-state index in [1.807, 2.05) is 0 Å². The van der Waals surface area contributed by atoms with Gasteiger partial charge in [0.25, 0.3) is 0 Å². The molecule has 0 aliphatic heterocycles. The highest BCUT2D eigenvalue weighted by atomic mass is 16.5. The molecule has 0 heterocycles. The molecular weight excluding hydrogens is 520 g/mol. The largest absolute Gasteiger partial charge is 0.493 e. The summed E-state index contributed by atoms with van der Waals surface area (Å²) in [5, 5.41) is 12.8. The molecule has 40 heavy (non-hydrogen) atoms. The van der Waals surface area contributed by atoms with Crippen LogP contribution < -0.4 is 23.7 Å². The maximum atomic E-state index is 14.2. The van der Waals surface area contributed by atoms with Crippen molar-refractivity contribution in [1.29, 1.82) is 0 Å². The third-order valence-corrected chi connectivity index (χ3v) is 7.69. The average molecular weight is 555 g/mol. The highest BCUT2D eigenvalue weighted by molar-refractivity contribution is 6.32. The lowest BCUT2D eigenvalue weighted by Crippen LogP contribution is -2.44. The van der Waals surface area contributed by atoms with Gasteiger partial charge < -0.3 is 33.5 Å². The molecule has 0 spiro atoms. The van der Waals surface area contributed by atoms with Gasteiger partial charge in [-0.2, -0.15) is 0 Å². The van der Waals surface area contributed by atoms with Crippen molar-refractivity contribution in [2.24, 2.45) is 5.92 Å². The number of esters is 1. The van der Waals surface area contributed by atoms with E-state index in [0.29, 0.717) is 18.6 Å². The van der Waals surface area contributed by atoms with Crippen molar-refractivity contribution in [3.8, 4) is 28.7 Å². The lowest BCUT2D eigenvalue weighted by Gasteiger charge is -2.38. The number of hydrogen-bond donors (Lipinski definition) is 1. The van der Waals surface area contributed by atoms with Gasteiger partial charge in [-0.05, 0) is 36.6 Å². The van der Waals surface area contributed by atoms with Crippen molar-refractivity contribution in [3.05, 3.63) is 52.1 Å². The van der Waals surface area contributed by atoms with Crippen LogP contribution in [0.3, 0.4) is 0 Å². The number of methoxy groups -OCH3 is 6. The first-order valence-electron chi connectivity index (χ1n) is 12.9. The summed E-state index contributed by atoms with van der Waals surface area (Å²) in [6.07, 6.45) is 3.76. The van der Waals surface area contributed by atoms with Crippen LogP contribution in [0, 0.1) is 5.92 Å². The Morgan fingerprint density at radius 1 is 0.800 bits per heavy atom. The fourth-order valence-electron chi connectivity index (χ4n) is 5.75. The number of benzene rings is 2. The van der Waals surface area contributed by atoms with Gasteiger partial charge in [0.05, 0.1) is 59.4 Å². The lowest BCUT2D eigenvalue weighted by atomic mass is 9.67. The summed E-state index contributed by atoms with van der Waals surface area (Å²) in [7, 11) is 8.11. The molecule has 10 heteroatoms. The fraction of sp³-hybridized carbons (Fsp3) is 0.433. The van der Waals surface area contributed by atoms with Crippen molar-refractivity contribution in [3.63, 3.8) is 0 Å². The lowest BCUT2D eigenvalue weighted by molar-refractivity contribution is -0.139. The average Bonchev–Trinajstić information content (AvgIpc) is 3.00. The van der Waals surface area contributed by atoms with Gasteiger partial charge in [-0.1, -0.05) is 25.3 Å². The summed E-state index contributed by atoms with van der Waals surface area (Å²) < 4.78 is 32.6. The molecule has 0 bridgehead atoms. The maximum Gasteiger partial charge on any atom is 0.338 e. The quantitative estimate of drug-likeness (QED) is 0.361. The molecular formula is C30H34O10.